The van der Waals surface area contributed by atoms with Crippen molar-refractivity contribution >= 4 is 5.97 Å². The summed E-state index contributed by atoms with van der Waals surface area (Å²) in [5.74, 6) is -0.668. The van der Waals surface area contributed by atoms with E-state index in [1.54, 1.807) is 0 Å². The highest BCUT2D eigenvalue weighted by atomic mass is 16.4. The van der Waals surface area contributed by atoms with Crippen molar-refractivity contribution in [2.24, 2.45) is 0 Å². The molecule has 2 unspecified atom stereocenters. The molecule has 94 valence electrons. The number of carboxylic acid groups (broad SMARTS) is 1. The van der Waals surface area contributed by atoms with E-state index < -0.39 is 5.97 Å². The Labute approximate surface area is 104 Å². The summed E-state index contributed by atoms with van der Waals surface area (Å²) in [6.07, 6.45) is 2.62. The quantitative estimate of drug-likeness (QED) is 0.841. The average Bonchev–Trinajstić information content (AvgIpc) is 2.32. The molecule has 1 aliphatic heterocycles. The van der Waals surface area contributed by atoms with E-state index in [-0.39, 0.29) is 29.5 Å². The fourth-order valence-electron chi connectivity index (χ4n) is 2.39. The van der Waals surface area contributed by atoms with E-state index in [1.807, 2.05) is 13.0 Å². The second-order valence-corrected chi connectivity index (χ2v) is 4.54. The van der Waals surface area contributed by atoms with Crippen LogP contribution >= 0.6 is 0 Å². The number of nitrogens with zero attached hydrogens (tertiary/aromatic N) is 3. The molecule has 0 saturated carbocycles. The Morgan fingerprint density at radius 3 is 3.00 bits per heavy atom. The Kier molecular flexibility index (Phi) is 3.15. The molecule has 0 bridgehead atoms. The monoisotopic (exact) mass is 247 g/mol. The smallest absolute Gasteiger partial charge is 0.304 e. The zero-order chi connectivity index (χ0) is 13.3. The number of carbonyl (C=O) groups is 1. The number of hydrogen-bond donors (Lipinski definition) is 1. The van der Waals surface area contributed by atoms with Gasteiger partial charge in [-0.25, -0.2) is 4.98 Å². The molecule has 0 spiro atoms. The van der Waals surface area contributed by atoms with Crippen LogP contribution < -0.4 is 5.56 Å². The van der Waals surface area contributed by atoms with Crippen molar-refractivity contribution in [1.82, 2.24) is 9.55 Å². The number of aliphatic carboxylic acids is 1. The lowest BCUT2D eigenvalue weighted by atomic mass is 9.91. The predicted octanol–water partition coefficient (Wildman–Crippen LogP) is 1.03. The molecule has 0 radical (unpaired) electrons. The van der Waals surface area contributed by atoms with Crippen LogP contribution in [-0.2, 0) is 4.79 Å². The summed E-state index contributed by atoms with van der Waals surface area (Å²) in [7, 11) is 0. The number of fused-ring (bicyclic) bond motifs is 1. The van der Waals surface area contributed by atoms with Crippen LogP contribution in [0, 0.1) is 11.3 Å². The molecule has 1 aliphatic rings. The van der Waals surface area contributed by atoms with Crippen molar-refractivity contribution in [2.45, 2.75) is 38.1 Å². The fourth-order valence-corrected chi connectivity index (χ4v) is 2.39. The van der Waals surface area contributed by atoms with Crippen LogP contribution in [0.2, 0.25) is 0 Å². The Hall–Kier alpha value is -2.16. The van der Waals surface area contributed by atoms with Gasteiger partial charge in [-0.15, -0.1) is 0 Å². The third kappa shape index (κ3) is 1.99. The molecule has 18 heavy (non-hydrogen) atoms. The van der Waals surface area contributed by atoms with E-state index in [1.165, 1.54) is 10.8 Å². The van der Waals surface area contributed by atoms with Crippen LogP contribution in [0.1, 0.15) is 49.5 Å². The maximum atomic E-state index is 12.0. The summed E-state index contributed by atoms with van der Waals surface area (Å²) < 4.78 is 1.47. The first-order valence-corrected chi connectivity index (χ1v) is 5.78. The minimum atomic E-state index is -0.903. The van der Waals surface area contributed by atoms with E-state index in [2.05, 4.69) is 4.98 Å². The molecule has 2 atom stereocenters. The van der Waals surface area contributed by atoms with Gasteiger partial charge in [-0.2, -0.15) is 5.26 Å². The summed E-state index contributed by atoms with van der Waals surface area (Å²) in [6.45, 7) is 1.88. The Morgan fingerprint density at radius 2 is 2.39 bits per heavy atom. The lowest BCUT2D eigenvalue weighted by Crippen LogP contribution is -2.34. The highest BCUT2D eigenvalue weighted by molar-refractivity contribution is 5.67. The van der Waals surface area contributed by atoms with E-state index in [4.69, 9.17) is 10.4 Å². The third-order valence-corrected chi connectivity index (χ3v) is 3.30. The minimum Gasteiger partial charge on any atom is -0.481 e. The largest absolute Gasteiger partial charge is 0.481 e. The highest BCUT2D eigenvalue weighted by Crippen LogP contribution is 2.32. The molecule has 0 fully saturated rings. The first kappa shape index (κ1) is 12.3. The standard InChI is InChI=1S/C12H13N3O3/c1-7-2-3-8(4-10(16)17)11-14-6-9(5-13)12(18)15(7)11/h6-8H,2-4H2,1H3,(H,16,17). The molecule has 0 amide bonds. The van der Waals surface area contributed by atoms with Crippen molar-refractivity contribution in [3.8, 4) is 6.07 Å². The molecular formula is C12H13N3O3. The van der Waals surface area contributed by atoms with E-state index in [9.17, 15) is 9.59 Å². The second-order valence-electron chi connectivity index (χ2n) is 4.54. The molecule has 1 N–H and O–H groups in total. The maximum absolute atomic E-state index is 12.0. The van der Waals surface area contributed by atoms with Gasteiger partial charge in [0.25, 0.3) is 5.56 Å². The van der Waals surface area contributed by atoms with Gasteiger partial charge in [0.05, 0.1) is 12.6 Å². The Morgan fingerprint density at radius 1 is 1.67 bits per heavy atom. The number of aromatic nitrogens is 2. The molecule has 0 aromatic carbocycles. The average molecular weight is 247 g/mol. The van der Waals surface area contributed by atoms with Crippen molar-refractivity contribution in [2.75, 3.05) is 0 Å². The van der Waals surface area contributed by atoms with Gasteiger partial charge in [-0.3, -0.25) is 14.2 Å². The lowest BCUT2D eigenvalue weighted by Gasteiger charge is -2.29. The van der Waals surface area contributed by atoms with Gasteiger partial charge in [-0.05, 0) is 19.8 Å². The van der Waals surface area contributed by atoms with Gasteiger partial charge in [-0.1, -0.05) is 0 Å². The number of nitriles is 1. The minimum absolute atomic E-state index is 0.00146. The molecule has 0 aliphatic carbocycles. The lowest BCUT2D eigenvalue weighted by molar-refractivity contribution is -0.137. The summed E-state index contributed by atoms with van der Waals surface area (Å²) in [4.78, 5) is 27.0. The fraction of sp³-hybridized carbons (Fsp3) is 0.500. The van der Waals surface area contributed by atoms with Crippen molar-refractivity contribution in [3.05, 3.63) is 27.9 Å². The first-order valence-electron chi connectivity index (χ1n) is 5.78. The van der Waals surface area contributed by atoms with Crippen LogP contribution in [0.15, 0.2) is 11.0 Å². The van der Waals surface area contributed by atoms with Crippen LogP contribution in [0.3, 0.4) is 0 Å². The Bertz CT molecular complexity index is 585. The zero-order valence-corrected chi connectivity index (χ0v) is 9.96. The SMILES string of the molecule is CC1CCC(CC(=O)O)c2ncc(C#N)c(=O)n21. The van der Waals surface area contributed by atoms with E-state index in [0.29, 0.717) is 12.2 Å². The van der Waals surface area contributed by atoms with E-state index >= 15 is 0 Å². The molecule has 1 aromatic heterocycles. The van der Waals surface area contributed by atoms with Crippen molar-refractivity contribution in [1.29, 1.82) is 5.26 Å². The van der Waals surface area contributed by atoms with Gasteiger partial charge in [0.15, 0.2) is 0 Å². The number of rotatable bonds is 2. The summed E-state index contributed by atoms with van der Waals surface area (Å²) in [5, 5.41) is 17.7. The molecule has 6 nitrogen and oxygen atoms in total. The molecule has 2 heterocycles. The maximum Gasteiger partial charge on any atom is 0.304 e. The third-order valence-electron chi connectivity index (χ3n) is 3.30. The highest BCUT2D eigenvalue weighted by Gasteiger charge is 2.29. The second kappa shape index (κ2) is 4.61. The molecule has 6 heteroatoms. The van der Waals surface area contributed by atoms with Gasteiger partial charge >= 0.3 is 5.97 Å². The van der Waals surface area contributed by atoms with Crippen LogP contribution in [0.5, 0.6) is 0 Å². The summed E-state index contributed by atoms with van der Waals surface area (Å²) in [6, 6.07) is 1.77. The number of hydrogen-bond acceptors (Lipinski definition) is 4. The van der Waals surface area contributed by atoms with Gasteiger partial charge in [0.1, 0.15) is 17.5 Å². The Balaban J connectivity index is 2.54. The molecule has 0 saturated heterocycles. The van der Waals surface area contributed by atoms with Crippen molar-refractivity contribution in [3.63, 3.8) is 0 Å². The van der Waals surface area contributed by atoms with Crippen molar-refractivity contribution < 1.29 is 9.90 Å². The summed E-state index contributed by atoms with van der Waals surface area (Å²) in [5.41, 5.74) is -0.369. The van der Waals surface area contributed by atoms with Crippen LogP contribution in [0.25, 0.3) is 0 Å². The molecule has 2 rings (SSSR count). The topological polar surface area (TPSA) is 96.0 Å². The first-order chi connectivity index (χ1) is 8.54. The summed E-state index contributed by atoms with van der Waals surface area (Å²) >= 11 is 0. The zero-order valence-electron chi connectivity index (χ0n) is 9.96. The molecular weight excluding hydrogens is 234 g/mol. The predicted molar refractivity (Wildman–Crippen MR) is 62.2 cm³/mol. The van der Waals surface area contributed by atoms with Gasteiger partial charge in [0.2, 0.25) is 0 Å². The van der Waals surface area contributed by atoms with Crippen LogP contribution in [-0.4, -0.2) is 20.6 Å². The number of carboxylic acids is 1. The van der Waals surface area contributed by atoms with Crippen LogP contribution in [0.4, 0.5) is 0 Å². The normalized spacial score (nSPS) is 22.0. The van der Waals surface area contributed by atoms with E-state index in [0.717, 1.165) is 6.42 Å². The van der Waals surface area contributed by atoms with Gasteiger partial charge in [0, 0.05) is 12.0 Å². The molecule has 1 aromatic rings. The van der Waals surface area contributed by atoms with Gasteiger partial charge < -0.3 is 5.11 Å².